The predicted molar refractivity (Wildman–Crippen MR) is 81.6 cm³/mol. The maximum absolute atomic E-state index is 12.0. The molecular weight excluding hydrogens is 270 g/mol. The Morgan fingerprint density at radius 1 is 1.24 bits per heavy atom. The summed E-state index contributed by atoms with van der Waals surface area (Å²) in [6.45, 7) is 7.02. The molecule has 1 aliphatic rings. The van der Waals surface area contributed by atoms with Crippen molar-refractivity contribution in [3.63, 3.8) is 0 Å². The highest BCUT2D eigenvalue weighted by molar-refractivity contribution is 5.76. The number of nitrogens with one attached hydrogen (secondary N) is 2. The average Bonchev–Trinajstić information content (AvgIpc) is 2.51. The number of ether oxygens (including phenoxy) is 1. The Bertz CT molecular complexity index is 500. The smallest absolute Gasteiger partial charge is 0.224 e. The van der Waals surface area contributed by atoms with Crippen LogP contribution in [0.25, 0.3) is 0 Å². The van der Waals surface area contributed by atoms with Crippen LogP contribution in [-0.2, 0) is 9.53 Å². The number of aryl methyl sites for hydroxylation is 1. The molecule has 1 amide bonds. The van der Waals surface area contributed by atoms with Crippen molar-refractivity contribution in [2.24, 2.45) is 0 Å². The van der Waals surface area contributed by atoms with E-state index < -0.39 is 0 Å². The van der Waals surface area contributed by atoms with Crippen LogP contribution >= 0.6 is 0 Å². The summed E-state index contributed by atoms with van der Waals surface area (Å²) in [5.41, 5.74) is 0.960. The summed E-state index contributed by atoms with van der Waals surface area (Å²) in [5, 5.41) is 6.28. The zero-order valence-corrected chi connectivity index (χ0v) is 12.9. The maximum atomic E-state index is 12.0. The molecule has 0 aromatic carbocycles. The van der Waals surface area contributed by atoms with E-state index in [1.165, 1.54) is 0 Å². The number of hydrogen-bond acceptors (Lipinski definition) is 6. The summed E-state index contributed by atoms with van der Waals surface area (Å²) in [6, 6.07) is 0. The van der Waals surface area contributed by atoms with E-state index in [-0.39, 0.29) is 5.91 Å². The second-order valence-corrected chi connectivity index (χ2v) is 5.01. The standard InChI is InChI=1S/C14H23N5O2/c1-10-13(15-3)17-11(2)18-14(10)16-5-4-12(20)19-6-8-21-9-7-19/h4-9H2,1-3H3,(H2,15,16,17,18). The molecule has 0 bridgehead atoms. The van der Waals surface area contributed by atoms with E-state index in [0.29, 0.717) is 45.1 Å². The van der Waals surface area contributed by atoms with Crippen molar-refractivity contribution in [3.8, 4) is 0 Å². The van der Waals surface area contributed by atoms with Gasteiger partial charge >= 0.3 is 0 Å². The number of rotatable bonds is 5. The highest BCUT2D eigenvalue weighted by atomic mass is 16.5. The second-order valence-electron chi connectivity index (χ2n) is 5.01. The number of hydrogen-bond donors (Lipinski definition) is 2. The Balaban J connectivity index is 1.88. The fraction of sp³-hybridized carbons (Fsp3) is 0.643. The molecule has 2 heterocycles. The first-order chi connectivity index (χ1) is 10.1. The lowest BCUT2D eigenvalue weighted by Crippen LogP contribution is -2.41. The number of amides is 1. The van der Waals surface area contributed by atoms with Crippen molar-refractivity contribution < 1.29 is 9.53 Å². The van der Waals surface area contributed by atoms with Crippen LogP contribution in [0.2, 0.25) is 0 Å². The molecule has 1 saturated heterocycles. The van der Waals surface area contributed by atoms with E-state index in [2.05, 4.69) is 20.6 Å². The third-order valence-corrected chi connectivity index (χ3v) is 3.49. The van der Waals surface area contributed by atoms with Gasteiger partial charge in [-0.2, -0.15) is 0 Å². The zero-order chi connectivity index (χ0) is 15.2. The average molecular weight is 293 g/mol. The lowest BCUT2D eigenvalue weighted by atomic mass is 10.3. The first kappa shape index (κ1) is 15.5. The van der Waals surface area contributed by atoms with Crippen LogP contribution in [0.1, 0.15) is 17.8 Å². The molecule has 1 fully saturated rings. The van der Waals surface area contributed by atoms with Gasteiger partial charge in [0.25, 0.3) is 0 Å². The minimum absolute atomic E-state index is 0.156. The number of morpholine rings is 1. The van der Waals surface area contributed by atoms with Gasteiger partial charge in [0.05, 0.1) is 13.2 Å². The van der Waals surface area contributed by atoms with E-state index in [0.717, 1.165) is 17.2 Å². The monoisotopic (exact) mass is 293 g/mol. The van der Waals surface area contributed by atoms with Crippen molar-refractivity contribution in [1.82, 2.24) is 14.9 Å². The molecule has 0 aliphatic carbocycles. The van der Waals surface area contributed by atoms with Crippen LogP contribution in [0.3, 0.4) is 0 Å². The lowest BCUT2D eigenvalue weighted by molar-refractivity contribution is -0.134. The van der Waals surface area contributed by atoms with Crippen molar-refractivity contribution in [2.45, 2.75) is 20.3 Å². The Morgan fingerprint density at radius 3 is 2.57 bits per heavy atom. The molecule has 1 aromatic rings. The molecule has 1 aromatic heterocycles. The Morgan fingerprint density at radius 2 is 1.90 bits per heavy atom. The molecule has 0 spiro atoms. The number of carbonyl (C=O) groups excluding carboxylic acids is 1. The number of nitrogens with zero attached hydrogens (tertiary/aromatic N) is 3. The molecule has 7 nitrogen and oxygen atoms in total. The summed E-state index contributed by atoms with van der Waals surface area (Å²) in [6.07, 6.45) is 0.456. The fourth-order valence-electron chi connectivity index (χ4n) is 2.30. The topological polar surface area (TPSA) is 79.4 Å². The van der Waals surface area contributed by atoms with E-state index in [9.17, 15) is 4.79 Å². The fourth-order valence-corrected chi connectivity index (χ4v) is 2.30. The van der Waals surface area contributed by atoms with Crippen molar-refractivity contribution in [1.29, 1.82) is 0 Å². The zero-order valence-electron chi connectivity index (χ0n) is 12.9. The van der Waals surface area contributed by atoms with Gasteiger partial charge in [0.1, 0.15) is 17.5 Å². The summed E-state index contributed by atoms with van der Waals surface area (Å²) >= 11 is 0. The van der Waals surface area contributed by atoms with Crippen molar-refractivity contribution in [2.75, 3.05) is 50.5 Å². The van der Waals surface area contributed by atoms with E-state index in [4.69, 9.17) is 4.74 Å². The summed E-state index contributed by atoms with van der Waals surface area (Å²) in [7, 11) is 1.83. The normalized spacial score (nSPS) is 14.9. The molecule has 0 unspecified atom stereocenters. The van der Waals surface area contributed by atoms with Crippen LogP contribution in [0.15, 0.2) is 0 Å². The third kappa shape index (κ3) is 4.04. The highest BCUT2D eigenvalue weighted by Crippen LogP contribution is 2.19. The van der Waals surface area contributed by atoms with Gasteiger partial charge in [-0.05, 0) is 13.8 Å². The van der Waals surface area contributed by atoms with Crippen LogP contribution in [-0.4, -0.2) is 60.7 Å². The van der Waals surface area contributed by atoms with Gasteiger partial charge in [-0.1, -0.05) is 0 Å². The molecule has 0 saturated carbocycles. The third-order valence-electron chi connectivity index (χ3n) is 3.49. The molecule has 0 atom stereocenters. The molecule has 7 heteroatoms. The molecular formula is C14H23N5O2. The van der Waals surface area contributed by atoms with Gasteiger partial charge in [0.15, 0.2) is 0 Å². The first-order valence-electron chi connectivity index (χ1n) is 7.24. The van der Waals surface area contributed by atoms with Crippen molar-refractivity contribution >= 4 is 17.5 Å². The predicted octanol–water partition coefficient (Wildman–Crippen LogP) is 0.796. The van der Waals surface area contributed by atoms with Gasteiger partial charge in [0.2, 0.25) is 5.91 Å². The SMILES string of the molecule is CNc1nc(C)nc(NCCC(=O)N2CCOCC2)c1C. The molecule has 2 rings (SSSR count). The summed E-state index contributed by atoms with van der Waals surface area (Å²) < 4.78 is 5.24. The first-order valence-corrected chi connectivity index (χ1v) is 7.24. The molecule has 1 aliphatic heterocycles. The van der Waals surface area contributed by atoms with E-state index in [1.54, 1.807) is 0 Å². The van der Waals surface area contributed by atoms with Gasteiger partial charge in [-0.3, -0.25) is 4.79 Å². The Hall–Kier alpha value is -1.89. The summed E-state index contributed by atoms with van der Waals surface area (Å²) in [4.78, 5) is 22.6. The summed E-state index contributed by atoms with van der Waals surface area (Å²) in [5.74, 6) is 2.45. The highest BCUT2D eigenvalue weighted by Gasteiger charge is 2.16. The number of carbonyl (C=O) groups is 1. The quantitative estimate of drug-likeness (QED) is 0.836. The van der Waals surface area contributed by atoms with Crippen molar-refractivity contribution in [3.05, 3.63) is 11.4 Å². The van der Waals surface area contributed by atoms with Crippen LogP contribution in [0.4, 0.5) is 11.6 Å². The molecule has 2 N–H and O–H groups in total. The minimum Gasteiger partial charge on any atom is -0.378 e. The second kappa shape index (κ2) is 7.21. The van der Waals surface area contributed by atoms with Gasteiger partial charge in [-0.25, -0.2) is 9.97 Å². The van der Waals surface area contributed by atoms with Crippen LogP contribution in [0.5, 0.6) is 0 Å². The van der Waals surface area contributed by atoms with Gasteiger partial charge < -0.3 is 20.3 Å². The van der Waals surface area contributed by atoms with Crippen LogP contribution < -0.4 is 10.6 Å². The molecule has 21 heavy (non-hydrogen) atoms. The Kier molecular flexibility index (Phi) is 5.32. The number of aromatic nitrogens is 2. The molecule has 116 valence electrons. The lowest BCUT2D eigenvalue weighted by Gasteiger charge is -2.27. The minimum atomic E-state index is 0.156. The van der Waals surface area contributed by atoms with E-state index >= 15 is 0 Å². The van der Waals surface area contributed by atoms with Crippen LogP contribution in [0, 0.1) is 13.8 Å². The maximum Gasteiger partial charge on any atom is 0.224 e. The van der Waals surface area contributed by atoms with Gasteiger partial charge in [-0.15, -0.1) is 0 Å². The Labute approximate surface area is 125 Å². The van der Waals surface area contributed by atoms with E-state index in [1.807, 2.05) is 25.8 Å². The van der Waals surface area contributed by atoms with Gasteiger partial charge in [0, 0.05) is 38.7 Å². The number of anilines is 2. The molecule has 0 radical (unpaired) electrons. The largest absolute Gasteiger partial charge is 0.378 e.